The molecule has 1 aliphatic carbocycles. The van der Waals surface area contributed by atoms with E-state index in [9.17, 15) is 0 Å². The molecule has 3 heteroatoms. The van der Waals surface area contributed by atoms with Gasteiger partial charge in [-0.2, -0.15) is 0 Å². The average molecular weight is 199 g/mol. The van der Waals surface area contributed by atoms with Crippen molar-refractivity contribution < 1.29 is 0 Å². The molecular weight excluding hydrogens is 174 g/mol. The SMILES string of the molecule is CC(C)(C)N[C@H]1C[C@H](NC(C)(C)N)C1. The van der Waals surface area contributed by atoms with Gasteiger partial charge in [0.2, 0.25) is 0 Å². The lowest BCUT2D eigenvalue weighted by molar-refractivity contribution is 0.177. The minimum absolute atomic E-state index is 0.230. The van der Waals surface area contributed by atoms with Gasteiger partial charge < -0.3 is 11.1 Å². The quantitative estimate of drug-likeness (QED) is 0.598. The van der Waals surface area contributed by atoms with Crippen molar-refractivity contribution >= 4 is 0 Å². The summed E-state index contributed by atoms with van der Waals surface area (Å²) in [5.41, 5.74) is 5.88. The summed E-state index contributed by atoms with van der Waals surface area (Å²) in [6.07, 6.45) is 2.38. The Bertz CT molecular complexity index is 162. The van der Waals surface area contributed by atoms with Crippen LogP contribution in [0.15, 0.2) is 0 Å². The molecule has 0 bridgehead atoms. The van der Waals surface area contributed by atoms with E-state index in [0.717, 1.165) is 0 Å². The predicted molar refractivity (Wildman–Crippen MR) is 61.1 cm³/mol. The van der Waals surface area contributed by atoms with Crippen molar-refractivity contribution in [2.75, 3.05) is 0 Å². The van der Waals surface area contributed by atoms with Gasteiger partial charge in [0.25, 0.3) is 0 Å². The first-order valence-electron chi connectivity index (χ1n) is 5.50. The summed E-state index contributed by atoms with van der Waals surface area (Å²) in [5.74, 6) is 0. The maximum atomic E-state index is 5.89. The Morgan fingerprint density at radius 2 is 1.36 bits per heavy atom. The minimum atomic E-state index is -0.239. The first-order valence-corrected chi connectivity index (χ1v) is 5.50. The Morgan fingerprint density at radius 1 is 0.929 bits per heavy atom. The van der Waals surface area contributed by atoms with Crippen LogP contribution in [0.25, 0.3) is 0 Å². The Morgan fingerprint density at radius 3 is 1.71 bits per heavy atom. The molecule has 0 amide bonds. The summed E-state index contributed by atoms with van der Waals surface area (Å²) in [7, 11) is 0. The molecule has 3 nitrogen and oxygen atoms in total. The maximum absolute atomic E-state index is 5.89. The highest BCUT2D eigenvalue weighted by molar-refractivity contribution is 4.95. The molecule has 0 aromatic rings. The third-order valence-corrected chi connectivity index (χ3v) is 2.35. The zero-order chi connectivity index (χ0) is 11.0. The van der Waals surface area contributed by atoms with E-state index in [1.807, 2.05) is 13.8 Å². The topological polar surface area (TPSA) is 50.1 Å². The van der Waals surface area contributed by atoms with Gasteiger partial charge in [-0.1, -0.05) is 0 Å². The Hall–Kier alpha value is -0.120. The van der Waals surface area contributed by atoms with Crippen molar-refractivity contribution in [2.45, 2.75) is 70.7 Å². The van der Waals surface area contributed by atoms with E-state index in [-0.39, 0.29) is 11.2 Å². The van der Waals surface area contributed by atoms with E-state index in [0.29, 0.717) is 12.1 Å². The Kier molecular flexibility index (Phi) is 3.24. The summed E-state index contributed by atoms with van der Waals surface area (Å²) in [4.78, 5) is 0. The van der Waals surface area contributed by atoms with Crippen LogP contribution in [0.1, 0.15) is 47.5 Å². The summed E-state index contributed by atoms with van der Waals surface area (Å²) in [5, 5.41) is 7.00. The highest BCUT2D eigenvalue weighted by Crippen LogP contribution is 2.23. The molecule has 0 radical (unpaired) electrons. The van der Waals surface area contributed by atoms with Crippen LogP contribution in [0.3, 0.4) is 0 Å². The van der Waals surface area contributed by atoms with Crippen molar-refractivity contribution in [3.63, 3.8) is 0 Å². The molecule has 14 heavy (non-hydrogen) atoms. The highest BCUT2D eigenvalue weighted by atomic mass is 15.1. The van der Waals surface area contributed by atoms with E-state index in [2.05, 4.69) is 31.4 Å². The van der Waals surface area contributed by atoms with E-state index in [1.54, 1.807) is 0 Å². The molecule has 0 aliphatic heterocycles. The van der Waals surface area contributed by atoms with Gasteiger partial charge in [-0.3, -0.25) is 5.32 Å². The molecule has 1 fully saturated rings. The van der Waals surface area contributed by atoms with E-state index >= 15 is 0 Å². The number of hydrogen-bond acceptors (Lipinski definition) is 3. The smallest absolute Gasteiger partial charge is 0.0605 e. The van der Waals surface area contributed by atoms with Crippen molar-refractivity contribution in [3.05, 3.63) is 0 Å². The van der Waals surface area contributed by atoms with Gasteiger partial charge in [0.15, 0.2) is 0 Å². The molecule has 84 valence electrons. The van der Waals surface area contributed by atoms with Crippen LogP contribution in [0, 0.1) is 0 Å². The lowest BCUT2D eigenvalue weighted by Gasteiger charge is -2.43. The molecule has 1 aliphatic rings. The third kappa shape index (κ3) is 4.40. The summed E-state index contributed by atoms with van der Waals surface area (Å²) in [6, 6.07) is 1.25. The van der Waals surface area contributed by atoms with Crippen molar-refractivity contribution in [1.82, 2.24) is 10.6 Å². The second-order valence-electron chi connectivity index (χ2n) is 6.13. The molecule has 1 rings (SSSR count). The normalized spacial score (nSPS) is 28.7. The number of hydrogen-bond donors (Lipinski definition) is 3. The van der Waals surface area contributed by atoms with Crippen molar-refractivity contribution in [2.24, 2.45) is 5.73 Å². The largest absolute Gasteiger partial charge is 0.314 e. The Labute approximate surface area is 87.8 Å². The van der Waals surface area contributed by atoms with Crippen molar-refractivity contribution in [1.29, 1.82) is 0 Å². The molecule has 0 atom stereocenters. The van der Waals surface area contributed by atoms with Crippen LogP contribution in [-0.2, 0) is 0 Å². The van der Waals surface area contributed by atoms with Gasteiger partial charge >= 0.3 is 0 Å². The zero-order valence-corrected chi connectivity index (χ0v) is 10.1. The van der Waals surface area contributed by atoms with Crippen LogP contribution in [0.4, 0.5) is 0 Å². The summed E-state index contributed by atoms with van der Waals surface area (Å²) >= 11 is 0. The standard InChI is InChI=1S/C11H25N3/c1-10(2,3)13-8-6-9(7-8)14-11(4,5)12/h8-9,13-14H,6-7,12H2,1-5H3/t8-,9-. The molecule has 0 spiro atoms. The second-order valence-corrected chi connectivity index (χ2v) is 6.13. The Balaban J connectivity index is 2.18. The molecule has 0 heterocycles. The van der Waals surface area contributed by atoms with E-state index < -0.39 is 0 Å². The van der Waals surface area contributed by atoms with Gasteiger partial charge in [0.1, 0.15) is 0 Å². The first-order chi connectivity index (χ1) is 6.16. The fraction of sp³-hybridized carbons (Fsp3) is 1.00. The van der Waals surface area contributed by atoms with Gasteiger partial charge in [0, 0.05) is 17.6 Å². The number of nitrogens with two attached hydrogens (primary N) is 1. The lowest BCUT2D eigenvalue weighted by atomic mass is 9.84. The van der Waals surface area contributed by atoms with Crippen LogP contribution in [0.5, 0.6) is 0 Å². The maximum Gasteiger partial charge on any atom is 0.0605 e. The van der Waals surface area contributed by atoms with E-state index in [1.165, 1.54) is 12.8 Å². The molecular formula is C11H25N3. The zero-order valence-electron chi connectivity index (χ0n) is 10.1. The van der Waals surface area contributed by atoms with Gasteiger partial charge in [-0.05, 0) is 47.5 Å². The fourth-order valence-electron chi connectivity index (χ4n) is 1.99. The average Bonchev–Trinajstić information content (AvgIpc) is 1.75. The summed E-state index contributed by atoms with van der Waals surface area (Å²) < 4.78 is 0. The van der Waals surface area contributed by atoms with Crippen LogP contribution < -0.4 is 16.4 Å². The first kappa shape index (κ1) is 12.0. The van der Waals surface area contributed by atoms with Crippen LogP contribution in [0.2, 0.25) is 0 Å². The molecule has 0 aromatic heterocycles. The van der Waals surface area contributed by atoms with Crippen LogP contribution >= 0.6 is 0 Å². The van der Waals surface area contributed by atoms with E-state index in [4.69, 9.17) is 5.73 Å². The molecule has 4 N–H and O–H groups in total. The minimum Gasteiger partial charge on any atom is -0.314 e. The molecule has 0 unspecified atom stereocenters. The number of rotatable bonds is 3. The molecule has 0 aromatic carbocycles. The van der Waals surface area contributed by atoms with Crippen molar-refractivity contribution in [3.8, 4) is 0 Å². The van der Waals surface area contributed by atoms with Gasteiger partial charge in [0.05, 0.1) is 5.66 Å². The third-order valence-electron chi connectivity index (χ3n) is 2.35. The predicted octanol–water partition coefficient (Wildman–Crippen LogP) is 1.19. The lowest BCUT2D eigenvalue weighted by Crippen LogP contribution is -2.61. The van der Waals surface area contributed by atoms with Gasteiger partial charge in [-0.25, -0.2) is 0 Å². The number of nitrogens with one attached hydrogen (secondary N) is 2. The summed E-state index contributed by atoms with van der Waals surface area (Å²) in [6.45, 7) is 10.6. The van der Waals surface area contributed by atoms with Crippen LogP contribution in [-0.4, -0.2) is 23.3 Å². The molecule has 1 saturated carbocycles. The molecule has 0 saturated heterocycles. The highest BCUT2D eigenvalue weighted by Gasteiger charge is 2.33. The second kappa shape index (κ2) is 3.80. The monoisotopic (exact) mass is 199 g/mol. The fourth-order valence-corrected chi connectivity index (χ4v) is 1.99. The van der Waals surface area contributed by atoms with Gasteiger partial charge in [-0.15, -0.1) is 0 Å².